The molecule has 0 unspecified atom stereocenters. The molecule has 2 spiro atoms. The molecule has 1 saturated heterocycles. The van der Waals surface area contributed by atoms with Crippen molar-refractivity contribution in [2.75, 3.05) is 6.61 Å². The first kappa shape index (κ1) is 22.1. The summed E-state index contributed by atoms with van der Waals surface area (Å²) in [7, 11) is 0. The van der Waals surface area contributed by atoms with Gasteiger partial charge in [0.2, 0.25) is 11.6 Å². The molecule has 4 bridgehead atoms. The predicted molar refractivity (Wildman–Crippen MR) is 129 cm³/mol. The van der Waals surface area contributed by atoms with Crippen LogP contribution in [0.3, 0.4) is 0 Å². The van der Waals surface area contributed by atoms with Gasteiger partial charge in [0.25, 0.3) is 0 Å². The van der Waals surface area contributed by atoms with Crippen LogP contribution in [0.2, 0.25) is 0 Å². The fourth-order valence-electron chi connectivity index (χ4n) is 8.59. The van der Waals surface area contributed by atoms with E-state index in [1.54, 1.807) is 0 Å². The number of hydrogen-bond donors (Lipinski definition) is 1. The topological polar surface area (TPSA) is 62.9 Å². The summed E-state index contributed by atoms with van der Waals surface area (Å²) in [5.74, 6) is 4.13. The predicted octanol–water partition coefficient (Wildman–Crippen LogP) is 6.07. The molecule has 0 aromatic heterocycles. The van der Waals surface area contributed by atoms with E-state index < -0.39 is 11.6 Å². The maximum atomic E-state index is 6.88. The van der Waals surface area contributed by atoms with E-state index in [-0.39, 0.29) is 0 Å². The second-order valence-corrected chi connectivity index (χ2v) is 12.6. The van der Waals surface area contributed by atoms with Crippen molar-refractivity contribution in [1.29, 1.82) is 0 Å². The molecule has 5 nitrogen and oxygen atoms in total. The van der Waals surface area contributed by atoms with Crippen LogP contribution in [0.4, 0.5) is 0 Å². The molecule has 7 aliphatic rings. The van der Waals surface area contributed by atoms with Gasteiger partial charge in [-0.1, -0.05) is 12.1 Å². The minimum absolute atomic E-state index is 0.398. The van der Waals surface area contributed by atoms with Gasteiger partial charge in [0.1, 0.15) is 5.75 Å². The third-order valence-electron chi connectivity index (χ3n) is 10.4. The molecule has 1 aromatic carbocycles. The molecule has 1 heterocycles. The van der Waals surface area contributed by atoms with Crippen LogP contribution in [-0.4, -0.2) is 24.2 Å². The number of hydrogen-bond acceptors (Lipinski definition) is 5. The molecule has 2 N–H and O–H groups in total. The van der Waals surface area contributed by atoms with Gasteiger partial charge in [-0.15, -0.1) is 0 Å². The monoisotopic (exact) mass is 467 g/mol. The summed E-state index contributed by atoms with van der Waals surface area (Å²) in [6.07, 6.45) is 15.2. The zero-order valence-electron chi connectivity index (χ0n) is 20.5. The standard InChI is InChI=1S/C29H41NO4/c30-26-5-1-19(2-6-26)18-31-27-7-3-22(4-8-27)23-9-11-28(12-10-23)32-29(34-33-28)24-14-20-13-21(16-24)17-25(29)15-20/h3-4,7-8,19-21,23-26H,1-2,5-6,9-18,30H2. The lowest BCUT2D eigenvalue weighted by Crippen LogP contribution is -2.59. The maximum Gasteiger partial charge on any atom is 0.210 e. The summed E-state index contributed by atoms with van der Waals surface area (Å²) in [6.45, 7) is 0.817. The second kappa shape index (κ2) is 8.47. The number of benzene rings is 1. The van der Waals surface area contributed by atoms with Crippen LogP contribution in [0.1, 0.15) is 95.0 Å². The fourth-order valence-corrected chi connectivity index (χ4v) is 8.59. The Labute approximate surface area is 204 Å². The third-order valence-corrected chi connectivity index (χ3v) is 10.4. The first-order valence-electron chi connectivity index (χ1n) is 14.1. The van der Waals surface area contributed by atoms with Crippen LogP contribution in [0.25, 0.3) is 0 Å². The molecule has 0 radical (unpaired) electrons. The van der Waals surface area contributed by atoms with Gasteiger partial charge >= 0.3 is 0 Å². The van der Waals surface area contributed by atoms with Crippen molar-refractivity contribution < 1.29 is 19.2 Å². The number of nitrogens with two attached hydrogens (primary N) is 1. The molecule has 34 heavy (non-hydrogen) atoms. The summed E-state index contributed by atoms with van der Waals surface area (Å²) in [5, 5.41) is 0. The molecule has 6 saturated carbocycles. The van der Waals surface area contributed by atoms with Gasteiger partial charge in [0.15, 0.2) is 0 Å². The van der Waals surface area contributed by atoms with Crippen LogP contribution in [0, 0.1) is 29.6 Å². The largest absolute Gasteiger partial charge is 0.493 e. The Bertz CT molecular complexity index is 841. The Morgan fingerprint density at radius 2 is 1.44 bits per heavy atom. The first-order valence-corrected chi connectivity index (χ1v) is 14.1. The lowest BCUT2D eigenvalue weighted by atomic mass is 9.53. The van der Waals surface area contributed by atoms with E-state index in [0.717, 1.165) is 62.7 Å². The summed E-state index contributed by atoms with van der Waals surface area (Å²) in [4.78, 5) is 12.3. The van der Waals surface area contributed by atoms with Gasteiger partial charge in [0, 0.05) is 30.7 Å². The molecule has 1 aliphatic heterocycles. The Hall–Kier alpha value is -1.14. The van der Waals surface area contributed by atoms with Crippen LogP contribution in [0.15, 0.2) is 24.3 Å². The summed E-state index contributed by atoms with van der Waals surface area (Å²) in [5.41, 5.74) is 7.44. The molecule has 6 aliphatic carbocycles. The van der Waals surface area contributed by atoms with Crippen molar-refractivity contribution in [3.05, 3.63) is 29.8 Å². The van der Waals surface area contributed by atoms with Crippen molar-refractivity contribution in [2.24, 2.45) is 35.3 Å². The highest BCUT2D eigenvalue weighted by Gasteiger charge is 2.66. The Morgan fingerprint density at radius 1 is 0.794 bits per heavy atom. The summed E-state index contributed by atoms with van der Waals surface area (Å²) in [6, 6.07) is 9.24. The average Bonchev–Trinajstić information content (AvgIpc) is 3.22. The quantitative estimate of drug-likeness (QED) is 0.545. The Kier molecular flexibility index (Phi) is 5.50. The second-order valence-electron chi connectivity index (χ2n) is 12.6. The highest BCUT2D eigenvalue weighted by Crippen LogP contribution is 2.64. The van der Waals surface area contributed by atoms with Crippen LogP contribution < -0.4 is 10.5 Å². The molecule has 186 valence electrons. The van der Waals surface area contributed by atoms with E-state index in [9.17, 15) is 0 Å². The smallest absolute Gasteiger partial charge is 0.210 e. The third kappa shape index (κ3) is 3.82. The molecule has 0 atom stereocenters. The number of rotatable bonds is 4. The van der Waals surface area contributed by atoms with Crippen molar-refractivity contribution in [3.8, 4) is 5.75 Å². The summed E-state index contributed by atoms with van der Waals surface area (Å²) < 4.78 is 13.0. The van der Waals surface area contributed by atoms with E-state index in [0.29, 0.717) is 29.7 Å². The molecule has 1 aromatic rings. The van der Waals surface area contributed by atoms with E-state index in [2.05, 4.69) is 24.3 Å². The van der Waals surface area contributed by atoms with Crippen molar-refractivity contribution in [1.82, 2.24) is 0 Å². The lowest BCUT2D eigenvalue weighted by Gasteiger charge is -2.57. The minimum Gasteiger partial charge on any atom is -0.493 e. The zero-order valence-corrected chi connectivity index (χ0v) is 20.5. The van der Waals surface area contributed by atoms with Gasteiger partial charge in [-0.25, -0.2) is 0 Å². The van der Waals surface area contributed by atoms with Gasteiger partial charge < -0.3 is 15.2 Å². The van der Waals surface area contributed by atoms with E-state index in [4.69, 9.17) is 25.0 Å². The molecular formula is C29H41NO4. The molecule has 8 rings (SSSR count). The molecule has 0 amide bonds. The molecule has 5 heteroatoms. The zero-order chi connectivity index (χ0) is 22.8. The van der Waals surface area contributed by atoms with Gasteiger partial charge in [0.05, 0.1) is 6.61 Å². The normalized spacial score (nSPS) is 47.5. The maximum absolute atomic E-state index is 6.88. The number of ether oxygens (including phenoxy) is 2. The van der Waals surface area contributed by atoms with E-state index >= 15 is 0 Å². The van der Waals surface area contributed by atoms with Crippen LogP contribution in [-0.2, 0) is 14.5 Å². The van der Waals surface area contributed by atoms with Crippen LogP contribution >= 0.6 is 0 Å². The SMILES string of the molecule is NC1CCC(COc2ccc(C3CCC4(CC3)OOC3(O4)C4CC5CC(C4)CC3C5)cc2)CC1. The Balaban J connectivity index is 0.941. The van der Waals surface area contributed by atoms with Gasteiger partial charge in [-0.05, 0) is 112 Å². The highest BCUT2D eigenvalue weighted by molar-refractivity contribution is 5.30. The minimum atomic E-state index is -0.516. The molecule has 7 fully saturated rings. The first-order chi connectivity index (χ1) is 16.6. The van der Waals surface area contributed by atoms with Crippen molar-refractivity contribution >= 4 is 0 Å². The van der Waals surface area contributed by atoms with E-state index in [1.807, 2.05) is 0 Å². The lowest BCUT2D eigenvalue weighted by molar-refractivity contribution is -0.390. The van der Waals surface area contributed by atoms with E-state index in [1.165, 1.54) is 50.5 Å². The molecular weight excluding hydrogens is 426 g/mol. The average molecular weight is 468 g/mol. The van der Waals surface area contributed by atoms with Gasteiger partial charge in [-0.3, -0.25) is 0 Å². The Morgan fingerprint density at radius 3 is 2.09 bits per heavy atom. The summed E-state index contributed by atoms with van der Waals surface area (Å²) >= 11 is 0. The fraction of sp³-hybridized carbons (Fsp3) is 0.793. The van der Waals surface area contributed by atoms with Crippen molar-refractivity contribution in [2.45, 2.75) is 107 Å². The highest BCUT2D eigenvalue weighted by atomic mass is 17.3. The van der Waals surface area contributed by atoms with Crippen LogP contribution in [0.5, 0.6) is 5.75 Å². The van der Waals surface area contributed by atoms with Crippen molar-refractivity contribution in [3.63, 3.8) is 0 Å². The van der Waals surface area contributed by atoms with Gasteiger partial charge in [-0.2, -0.15) is 9.78 Å².